The number of rotatable bonds is 2. The van der Waals surface area contributed by atoms with E-state index in [2.05, 4.69) is 82.3 Å². The van der Waals surface area contributed by atoms with Crippen molar-refractivity contribution < 1.29 is 0 Å². The second-order valence-corrected chi connectivity index (χ2v) is 6.71. The van der Waals surface area contributed by atoms with Gasteiger partial charge in [-0.1, -0.05) is 57.2 Å². The number of hydrogen-bond donors (Lipinski definition) is 0. The van der Waals surface area contributed by atoms with Crippen molar-refractivity contribution in [3.63, 3.8) is 0 Å². The minimum atomic E-state index is 0.183. The van der Waals surface area contributed by atoms with Crippen molar-refractivity contribution in [2.75, 3.05) is 0 Å². The largest absolute Gasteiger partial charge is 0.238 e. The van der Waals surface area contributed by atoms with Crippen LogP contribution in [0.5, 0.6) is 0 Å². The van der Waals surface area contributed by atoms with Crippen molar-refractivity contribution in [3.8, 4) is 5.69 Å². The fraction of sp³-hybridized carbons (Fsp3) is 0.316. The maximum absolute atomic E-state index is 4.77. The van der Waals surface area contributed by atoms with Crippen LogP contribution in [0, 0.1) is 6.92 Å². The first-order valence-electron chi connectivity index (χ1n) is 7.47. The molecule has 1 aromatic carbocycles. The predicted octanol–water partition coefficient (Wildman–Crippen LogP) is 4.69. The van der Waals surface area contributed by atoms with E-state index < -0.39 is 0 Å². The van der Waals surface area contributed by atoms with E-state index in [-0.39, 0.29) is 5.41 Å². The van der Waals surface area contributed by atoms with Gasteiger partial charge in [-0.15, -0.1) is 0 Å². The summed E-state index contributed by atoms with van der Waals surface area (Å²) in [6.07, 6.45) is 8.51. The van der Waals surface area contributed by atoms with Crippen molar-refractivity contribution in [1.29, 1.82) is 0 Å². The van der Waals surface area contributed by atoms with Crippen LogP contribution in [0.15, 0.2) is 54.6 Å². The molecule has 0 spiro atoms. The predicted molar refractivity (Wildman–Crippen MR) is 88.0 cm³/mol. The van der Waals surface area contributed by atoms with Crippen LogP contribution in [0.3, 0.4) is 0 Å². The molecular weight excluding hydrogens is 256 g/mol. The van der Waals surface area contributed by atoms with E-state index in [4.69, 9.17) is 5.10 Å². The van der Waals surface area contributed by atoms with Crippen LogP contribution in [0.1, 0.15) is 43.6 Å². The maximum atomic E-state index is 4.77. The molecule has 3 rings (SSSR count). The number of benzene rings is 1. The molecule has 2 nitrogen and oxygen atoms in total. The van der Waals surface area contributed by atoms with Gasteiger partial charge in [0.15, 0.2) is 0 Å². The van der Waals surface area contributed by atoms with Gasteiger partial charge in [-0.3, -0.25) is 0 Å². The van der Waals surface area contributed by atoms with Crippen molar-refractivity contribution in [1.82, 2.24) is 9.78 Å². The Labute approximate surface area is 126 Å². The third kappa shape index (κ3) is 2.71. The third-order valence-electron chi connectivity index (χ3n) is 3.97. The van der Waals surface area contributed by atoms with Crippen molar-refractivity contribution in [2.24, 2.45) is 0 Å². The molecule has 0 fully saturated rings. The lowest BCUT2D eigenvalue weighted by Gasteiger charge is -2.19. The molecule has 1 aliphatic carbocycles. The number of nitrogens with zero attached hydrogens (tertiary/aromatic N) is 2. The Hall–Kier alpha value is -2.09. The quantitative estimate of drug-likeness (QED) is 0.779. The fourth-order valence-corrected chi connectivity index (χ4v) is 2.65. The molecule has 1 heterocycles. The van der Waals surface area contributed by atoms with Gasteiger partial charge in [0, 0.05) is 11.6 Å². The van der Waals surface area contributed by atoms with Crippen LogP contribution in [0.4, 0.5) is 0 Å². The number of aryl methyl sites for hydroxylation is 1. The molecule has 0 saturated carbocycles. The highest BCUT2D eigenvalue weighted by Gasteiger charge is 2.15. The minimum Gasteiger partial charge on any atom is -0.238 e. The first-order valence-corrected chi connectivity index (χ1v) is 7.47. The molecule has 108 valence electrons. The van der Waals surface area contributed by atoms with E-state index in [0.29, 0.717) is 5.92 Å². The zero-order valence-corrected chi connectivity index (χ0v) is 13.2. The lowest BCUT2D eigenvalue weighted by molar-refractivity contribution is 0.590. The second-order valence-electron chi connectivity index (χ2n) is 6.71. The lowest BCUT2D eigenvalue weighted by Crippen LogP contribution is -2.11. The number of hydrogen-bond acceptors (Lipinski definition) is 1. The highest BCUT2D eigenvalue weighted by atomic mass is 15.3. The maximum Gasteiger partial charge on any atom is 0.0738 e. The average Bonchev–Trinajstić information content (AvgIpc) is 3.07. The van der Waals surface area contributed by atoms with Crippen molar-refractivity contribution in [2.45, 2.75) is 39.0 Å². The van der Waals surface area contributed by atoms with Crippen LogP contribution >= 0.6 is 0 Å². The Morgan fingerprint density at radius 1 is 1.00 bits per heavy atom. The zero-order valence-electron chi connectivity index (χ0n) is 13.2. The second kappa shape index (κ2) is 5.03. The Morgan fingerprint density at radius 3 is 2.19 bits per heavy atom. The molecule has 0 unspecified atom stereocenters. The van der Waals surface area contributed by atoms with Gasteiger partial charge in [0.25, 0.3) is 0 Å². The topological polar surface area (TPSA) is 17.8 Å². The highest BCUT2D eigenvalue weighted by molar-refractivity contribution is 5.39. The molecule has 0 saturated heterocycles. The zero-order chi connectivity index (χ0) is 15.0. The van der Waals surface area contributed by atoms with Crippen LogP contribution in [0.25, 0.3) is 5.69 Å². The van der Waals surface area contributed by atoms with Gasteiger partial charge in [-0.25, -0.2) is 4.68 Å². The van der Waals surface area contributed by atoms with Gasteiger partial charge >= 0.3 is 0 Å². The van der Waals surface area contributed by atoms with E-state index in [1.165, 1.54) is 11.3 Å². The lowest BCUT2D eigenvalue weighted by atomic mass is 9.87. The summed E-state index contributed by atoms with van der Waals surface area (Å²) < 4.78 is 2.03. The van der Waals surface area contributed by atoms with E-state index in [1.807, 2.05) is 4.68 Å². The van der Waals surface area contributed by atoms with Crippen LogP contribution in [-0.2, 0) is 5.41 Å². The molecule has 0 amide bonds. The van der Waals surface area contributed by atoms with Gasteiger partial charge in [-0.2, -0.15) is 5.10 Å². The summed E-state index contributed by atoms with van der Waals surface area (Å²) in [6, 6.07) is 10.9. The Bertz CT molecular complexity index is 682. The summed E-state index contributed by atoms with van der Waals surface area (Å²) in [5.41, 5.74) is 4.93. The molecule has 21 heavy (non-hydrogen) atoms. The van der Waals surface area contributed by atoms with E-state index in [0.717, 1.165) is 11.4 Å². The molecule has 2 heteroatoms. The van der Waals surface area contributed by atoms with Crippen LogP contribution in [-0.4, -0.2) is 9.78 Å². The molecule has 0 radical (unpaired) electrons. The van der Waals surface area contributed by atoms with Crippen LogP contribution < -0.4 is 0 Å². The Morgan fingerprint density at radius 2 is 1.62 bits per heavy atom. The first kappa shape index (κ1) is 13.9. The monoisotopic (exact) mass is 278 g/mol. The molecule has 1 aliphatic rings. The van der Waals surface area contributed by atoms with E-state index in [1.54, 1.807) is 0 Å². The molecule has 1 aromatic heterocycles. The van der Waals surface area contributed by atoms with E-state index in [9.17, 15) is 0 Å². The van der Waals surface area contributed by atoms with Crippen molar-refractivity contribution >= 4 is 0 Å². The molecular formula is C19H22N2. The smallest absolute Gasteiger partial charge is 0.0738 e. The molecule has 0 atom stereocenters. The van der Waals surface area contributed by atoms with Gasteiger partial charge in [0.05, 0.1) is 11.4 Å². The SMILES string of the molecule is Cc1cc(C2C=CC=C2)nn1-c1ccc(C(C)(C)C)cc1. The van der Waals surface area contributed by atoms with E-state index >= 15 is 0 Å². The molecule has 0 aliphatic heterocycles. The molecule has 2 aromatic rings. The summed E-state index contributed by atoms with van der Waals surface area (Å²) in [5.74, 6) is 0.318. The summed E-state index contributed by atoms with van der Waals surface area (Å²) in [5, 5.41) is 4.77. The number of allylic oxidation sites excluding steroid dienone is 4. The Kier molecular flexibility index (Phi) is 3.32. The normalized spacial score (nSPS) is 15.0. The summed E-state index contributed by atoms with van der Waals surface area (Å²) >= 11 is 0. The summed E-state index contributed by atoms with van der Waals surface area (Å²) in [7, 11) is 0. The standard InChI is InChI=1S/C19H22N2/c1-14-13-18(15-7-5-6-8-15)20-21(14)17-11-9-16(10-12-17)19(2,3)4/h5-13,15H,1-4H3. The fourth-order valence-electron chi connectivity index (χ4n) is 2.65. The first-order chi connectivity index (χ1) is 9.95. The van der Waals surface area contributed by atoms with Crippen molar-refractivity contribution in [3.05, 3.63) is 71.6 Å². The molecule has 0 bridgehead atoms. The summed E-state index contributed by atoms with van der Waals surface area (Å²) in [6.45, 7) is 8.81. The van der Waals surface area contributed by atoms with Crippen LogP contribution in [0.2, 0.25) is 0 Å². The third-order valence-corrected chi connectivity index (χ3v) is 3.97. The minimum absolute atomic E-state index is 0.183. The molecule has 0 N–H and O–H groups in total. The summed E-state index contributed by atoms with van der Waals surface area (Å²) in [4.78, 5) is 0. The number of aromatic nitrogens is 2. The average molecular weight is 278 g/mol. The Balaban J connectivity index is 1.93. The van der Waals surface area contributed by atoms with Gasteiger partial charge in [0.1, 0.15) is 0 Å². The highest BCUT2D eigenvalue weighted by Crippen LogP contribution is 2.26. The van der Waals surface area contributed by atoms with Gasteiger partial charge in [-0.05, 0) is 36.1 Å². The van der Waals surface area contributed by atoms with Gasteiger partial charge in [0.2, 0.25) is 0 Å². The van der Waals surface area contributed by atoms with Gasteiger partial charge < -0.3 is 0 Å².